The van der Waals surface area contributed by atoms with Crippen molar-refractivity contribution in [3.05, 3.63) is 20.3 Å². The maximum atomic E-state index is 11.8. The summed E-state index contributed by atoms with van der Waals surface area (Å²) in [5, 5.41) is 6.13. The molecular formula is C10H13BrN2OS. The van der Waals surface area contributed by atoms with Crippen LogP contribution in [0.1, 0.15) is 15.2 Å². The topological polar surface area (TPSA) is 41.1 Å². The molecule has 0 spiro atoms. The summed E-state index contributed by atoms with van der Waals surface area (Å²) in [6.07, 6.45) is 0. The molecule has 1 aliphatic heterocycles. The molecule has 1 fully saturated rings. The maximum absolute atomic E-state index is 11.8. The lowest BCUT2D eigenvalue weighted by Crippen LogP contribution is -2.48. The van der Waals surface area contributed by atoms with Crippen LogP contribution in [0.3, 0.4) is 0 Å². The highest BCUT2D eigenvalue weighted by Gasteiger charge is 2.19. The van der Waals surface area contributed by atoms with Gasteiger partial charge in [-0.15, -0.1) is 11.3 Å². The second kappa shape index (κ2) is 4.63. The number of carbonyl (C=O) groups excluding carboxylic acids is 1. The number of aryl methyl sites for hydroxylation is 1. The minimum atomic E-state index is 0.0260. The smallest absolute Gasteiger partial charge is 0.253 e. The molecule has 5 heteroatoms. The summed E-state index contributed by atoms with van der Waals surface area (Å²) < 4.78 is 0.921. The quantitative estimate of drug-likeness (QED) is 0.890. The highest BCUT2D eigenvalue weighted by Crippen LogP contribution is 2.27. The van der Waals surface area contributed by atoms with Crippen LogP contribution in [-0.4, -0.2) is 25.5 Å². The van der Waals surface area contributed by atoms with Crippen LogP contribution in [0.4, 0.5) is 0 Å². The van der Waals surface area contributed by atoms with E-state index in [1.54, 1.807) is 11.3 Å². The maximum Gasteiger partial charge on any atom is 0.253 e. The largest absolute Gasteiger partial charge is 0.352 e. The van der Waals surface area contributed by atoms with Crippen molar-refractivity contribution < 1.29 is 4.79 Å². The molecule has 0 bridgehead atoms. The van der Waals surface area contributed by atoms with Crippen LogP contribution in [0, 0.1) is 12.8 Å². The SMILES string of the molecule is Cc1cc(C(=O)NCC2CNC2)c(Br)s1. The van der Waals surface area contributed by atoms with Gasteiger partial charge in [0, 0.05) is 30.4 Å². The van der Waals surface area contributed by atoms with E-state index in [2.05, 4.69) is 26.6 Å². The fourth-order valence-corrected chi connectivity index (χ4v) is 3.25. The number of amides is 1. The molecule has 1 aromatic rings. The third-order valence-electron chi connectivity index (χ3n) is 2.47. The molecule has 2 rings (SSSR count). The van der Waals surface area contributed by atoms with Crippen molar-refractivity contribution >= 4 is 33.2 Å². The van der Waals surface area contributed by atoms with Crippen molar-refractivity contribution in [3.63, 3.8) is 0 Å². The van der Waals surface area contributed by atoms with Gasteiger partial charge in [0.15, 0.2) is 0 Å². The van der Waals surface area contributed by atoms with Gasteiger partial charge < -0.3 is 10.6 Å². The third-order valence-corrected chi connectivity index (χ3v) is 4.22. The molecule has 0 atom stereocenters. The molecule has 0 aromatic carbocycles. The van der Waals surface area contributed by atoms with Gasteiger partial charge in [-0.1, -0.05) is 0 Å². The van der Waals surface area contributed by atoms with E-state index in [9.17, 15) is 4.79 Å². The van der Waals surface area contributed by atoms with Gasteiger partial charge in [0.2, 0.25) is 0 Å². The van der Waals surface area contributed by atoms with Crippen molar-refractivity contribution in [3.8, 4) is 0 Å². The lowest BCUT2D eigenvalue weighted by atomic mass is 10.0. The van der Waals surface area contributed by atoms with Crippen molar-refractivity contribution in [2.75, 3.05) is 19.6 Å². The Bertz CT molecular complexity index is 373. The molecule has 3 nitrogen and oxygen atoms in total. The first-order chi connectivity index (χ1) is 7.16. The molecule has 2 N–H and O–H groups in total. The van der Waals surface area contributed by atoms with Crippen LogP contribution in [0.15, 0.2) is 9.85 Å². The van der Waals surface area contributed by atoms with Gasteiger partial charge in [-0.3, -0.25) is 4.79 Å². The van der Waals surface area contributed by atoms with E-state index in [0.717, 1.165) is 33.9 Å². The minimum absolute atomic E-state index is 0.0260. The molecule has 15 heavy (non-hydrogen) atoms. The monoisotopic (exact) mass is 288 g/mol. The number of thiophene rings is 1. The van der Waals surface area contributed by atoms with Crippen LogP contribution in [0.5, 0.6) is 0 Å². The molecule has 2 heterocycles. The van der Waals surface area contributed by atoms with E-state index >= 15 is 0 Å². The summed E-state index contributed by atoms with van der Waals surface area (Å²) in [7, 11) is 0. The summed E-state index contributed by atoms with van der Waals surface area (Å²) in [5.74, 6) is 0.630. The van der Waals surface area contributed by atoms with Crippen LogP contribution >= 0.6 is 27.3 Å². The summed E-state index contributed by atoms with van der Waals surface area (Å²) in [4.78, 5) is 12.9. The fraction of sp³-hybridized carbons (Fsp3) is 0.500. The Balaban J connectivity index is 1.92. The normalized spacial score (nSPS) is 16.1. The zero-order valence-corrected chi connectivity index (χ0v) is 10.9. The zero-order chi connectivity index (χ0) is 10.8. The molecule has 0 radical (unpaired) electrons. The molecule has 1 aliphatic rings. The van der Waals surface area contributed by atoms with Gasteiger partial charge >= 0.3 is 0 Å². The van der Waals surface area contributed by atoms with E-state index in [0.29, 0.717) is 5.92 Å². The zero-order valence-electron chi connectivity index (χ0n) is 8.47. The Hall–Kier alpha value is -0.390. The number of halogens is 1. The predicted octanol–water partition coefficient (Wildman–Crippen LogP) is 1.77. The molecule has 1 saturated heterocycles. The van der Waals surface area contributed by atoms with Crippen LogP contribution in [-0.2, 0) is 0 Å². The van der Waals surface area contributed by atoms with E-state index in [4.69, 9.17) is 0 Å². The first-order valence-corrected chi connectivity index (χ1v) is 6.52. The lowest BCUT2D eigenvalue weighted by Gasteiger charge is -2.27. The van der Waals surface area contributed by atoms with E-state index in [1.807, 2.05) is 13.0 Å². The lowest BCUT2D eigenvalue weighted by molar-refractivity contribution is 0.0942. The van der Waals surface area contributed by atoms with Gasteiger partial charge in [-0.25, -0.2) is 0 Å². The highest BCUT2D eigenvalue weighted by atomic mass is 79.9. The average molecular weight is 289 g/mol. The molecular weight excluding hydrogens is 276 g/mol. The predicted molar refractivity (Wildman–Crippen MR) is 65.4 cm³/mol. The summed E-state index contributed by atoms with van der Waals surface area (Å²) in [6, 6.07) is 1.92. The van der Waals surface area contributed by atoms with Crippen molar-refractivity contribution in [1.29, 1.82) is 0 Å². The second-order valence-electron chi connectivity index (χ2n) is 3.78. The van der Waals surface area contributed by atoms with Gasteiger partial charge in [0.25, 0.3) is 5.91 Å². The van der Waals surface area contributed by atoms with Crippen LogP contribution in [0.2, 0.25) is 0 Å². The number of rotatable bonds is 3. The van der Waals surface area contributed by atoms with Gasteiger partial charge in [0.05, 0.1) is 9.35 Å². The number of carbonyl (C=O) groups is 1. The number of hydrogen-bond donors (Lipinski definition) is 2. The van der Waals surface area contributed by atoms with E-state index in [1.165, 1.54) is 0 Å². The molecule has 1 aromatic heterocycles. The average Bonchev–Trinajstić information content (AvgIpc) is 2.42. The first kappa shape index (κ1) is 11.1. The Morgan fingerprint density at radius 1 is 1.73 bits per heavy atom. The van der Waals surface area contributed by atoms with Crippen molar-refractivity contribution in [2.24, 2.45) is 5.92 Å². The Labute approximate surface area is 101 Å². The third kappa shape index (κ3) is 2.59. The van der Waals surface area contributed by atoms with Crippen LogP contribution < -0.4 is 10.6 Å². The van der Waals surface area contributed by atoms with Crippen LogP contribution in [0.25, 0.3) is 0 Å². The van der Waals surface area contributed by atoms with Crippen molar-refractivity contribution in [2.45, 2.75) is 6.92 Å². The fourth-order valence-electron chi connectivity index (χ4n) is 1.47. The van der Waals surface area contributed by atoms with Crippen molar-refractivity contribution in [1.82, 2.24) is 10.6 Å². The standard InChI is InChI=1S/C10H13BrN2OS/c1-6-2-8(9(11)15-6)10(14)13-5-7-3-12-4-7/h2,7,12H,3-5H2,1H3,(H,13,14). The Morgan fingerprint density at radius 3 is 2.93 bits per heavy atom. The van der Waals surface area contributed by atoms with E-state index in [-0.39, 0.29) is 5.91 Å². The minimum Gasteiger partial charge on any atom is -0.352 e. The second-order valence-corrected chi connectivity index (χ2v) is 6.35. The number of nitrogens with one attached hydrogen (secondary N) is 2. The van der Waals surface area contributed by atoms with Gasteiger partial charge in [0.1, 0.15) is 0 Å². The molecule has 1 amide bonds. The first-order valence-electron chi connectivity index (χ1n) is 4.91. The van der Waals surface area contributed by atoms with Gasteiger partial charge in [-0.05, 0) is 28.9 Å². The molecule has 0 saturated carbocycles. The highest BCUT2D eigenvalue weighted by molar-refractivity contribution is 9.11. The molecule has 0 unspecified atom stereocenters. The van der Waals surface area contributed by atoms with E-state index < -0.39 is 0 Å². The summed E-state index contributed by atoms with van der Waals surface area (Å²) in [5.41, 5.74) is 0.754. The Morgan fingerprint density at radius 2 is 2.47 bits per heavy atom. The Kier molecular flexibility index (Phi) is 3.43. The molecule has 82 valence electrons. The molecule has 0 aliphatic carbocycles. The number of hydrogen-bond acceptors (Lipinski definition) is 3. The summed E-state index contributed by atoms with van der Waals surface area (Å²) in [6.45, 7) is 4.81. The van der Waals surface area contributed by atoms with Gasteiger partial charge in [-0.2, -0.15) is 0 Å². The summed E-state index contributed by atoms with van der Waals surface area (Å²) >= 11 is 5.00.